The highest BCUT2D eigenvalue weighted by Crippen LogP contribution is 2.38. The van der Waals surface area contributed by atoms with E-state index in [9.17, 15) is 9.90 Å². The van der Waals surface area contributed by atoms with Gasteiger partial charge in [0.1, 0.15) is 11.6 Å². The molecule has 0 aliphatic carbocycles. The number of nitrogens with zero attached hydrogens (tertiary/aromatic N) is 3. The number of aromatic nitrogens is 2. The topological polar surface area (TPSA) is 79.6 Å². The Labute approximate surface area is 188 Å². The molecule has 3 heterocycles. The smallest absolute Gasteiger partial charge is 0.412 e. The lowest BCUT2D eigenvalue weighted by molar-refractivity contribution is 0.198. The molecule has 2 N–H and O–H groups in total. The van der Waals surface area contributed by atoms with Crippen molar-refractivity contribution in [1.82, 2.24) is 14.9 Å². The number of benzene rings is 2. The number of hydrogen-bond donors (Lipinski definition) is 2. The van der Waals surface area contributed by atoms with Crippen molar-refractivity contribution in [2.75, 3.05) is 25.1 Å². The molecule has 2 aliphatic rings. The summed E-state index contributed by atoms with van der Waals surface area (Å²) >= 11 is 0. The van der Waals surface area contributed by atoms with Crippen molar-refractivity contribution in [3.8, 4) is 5.75 Å². The zero-order valence-corrected chi connectivity index (χ0v) is 18.7. The zero-order valence-electron chi connectivity index (χ0n) is 18.7. The summed E-state index contributed by atoms with van der Waals surface area (Å²) < 4.78 is 7.73. The quantitative estimate of drug-likeness (QED) is 0.637. The molecule has 7 heteroatoms. The second-order valence-electron chi connectivity index (χ2n) is 8.88. The number of piperidine rings is 1. The van der Waals surface area contributed by atoms with Crippen molar-refractivity contribution >= 4 is 22.8 Å². The summed E-state index contributed by atoms with van der Waals surface area (Å²) in [5.74, 6) is 1.89. The third-order valence-electron chi connectivity index (χ3n) is 6.93. The van der Waals surface area contributed by atoms with Crippen molar-refractivity contribution in [3.05, 3.63) is 53.3 Å². The minimum absolute atomic E-state index is 0.0253. The summed E-state index contributed by atoms with van der Waals surface area (Å²) in [5.41, 5.74) is 5.12. The number of hydrogen-bond acceptors (Lipinski definition) is 4. The first kappa shape index (κ1) is 20.8. The van der Waals surface area contributed by atoms with Crippen LogP contribution < -0.4 is 15.0 Å². The van der Waals surface area contributed by atoms with Crippen LogP contribution in [0.2, 0.25) is 0 Å². The van der Waals surface area contributed by atoms with E-state index in [1.807, 2.05) is 25.1 Å². The van der Waals surface area contributed by atoms with Crippen LogP contribution in [0.25, 0.3) is 11.0 Å². The molecule has 0 unspecified atom stereocenters. The molecule has 2 aromatic carbocycles. The van der Waals surface area contributed by atoms with Gasteiger partial charge in [0.25, 0.3) is 0 Å². The van der Waals surface area contributed by atoms with Gasteiger partial charge in [0.2, 0.25) is 0 Å². The number of nitrogens with one attached hydrogen (secondary N) is 1. The molecule has 0 bridgehead atoms. The lowest BCUT2D eigenvalue weighted by Crippen LogP contribution is -2.41. The highest BCUT2D eigenvalue weighted by atomic mass is 16.5. The van der Waals surface area contributed by atoms with Crippen LogP contribution in [0.15, 0.2) is 36.4 Å². The summed E-state index contributed by atoms with van der Waals surface area (Å²) in [4.78, 5) is 18.6. The highest BCUT2D eigenvalue weighted by molar-refractivity contribution is 5.94. The molecule has 5 rings (SSSR count). The predicted octanol–water partition coefficient (Wildman–Crippen LogP) is 4.38. The first-order valence-corrected chi connectivity index (χ1v) is 11.5. The Morgan fingerprint density at radius 2 is 1.91 bits per heavy atom. The number of anilines is 1. The molecule has 0 spiro atoms. The average Bonchev–Trinajstić information content (AvgIpc) is 3.17. The largest absolute Gasteiger partial charge is 0.497 e. The van der Waals surface area contributed by atoms with Crippen LogP contribution in [-0.4, -0.2) is 47.0 Å². The fraction of sp³-hybridized carbons (Fsp3) is 0.440. The standard InChI is InChI=1S/C25H30N4O3/c1-16-3-8-20-21(28(16)25(30)31)9-10-22-24(20)27-23(29(22)18-11-13-26-14-12-18)15-17-4-6-19(32-2)7-5-17/h4-7,9-10,16,18,26H,3,8,11-15H2,1-2H3,(H,30,31)/t16-/m0/s1. The summed E-state index contributed by atoms with van der Waals surface area (Å²) in [6.07, 6.45) is 3.63. The Bertz CT molecular complexity index is 1130. The number of carboxylic acid groups (broad SMARTS) is 1. The number of rotatable bonds is 4. The molecule has 0 saturated carbocycles. The second kappa shape index (κ2) is 8.47. The van der Waals surface area contributed by atoms with Gasteiger partial charge in [-0.3, -0.25) is 4.90 Å². The second-order valence-corrected chi connectivity index (χ2v) is 8.88. The molecule has 1 saturated heterocycles. The van der Waals surface area contributed by atoms with Crippen LogP contribution in [-0.2, 0) is 12.8 Å². The molecule has 0 radical (unpaired) electrons. The van der Waals surface area contributed by atoms with E-state index in [0.29, 0.717) is 6.04 Å². The van der Waals surface area contributed by atoms with Gasteiger partial charge >= 0.3 is 6.09 Å². The van der Waals surface area contributed by atoms with Crippen LogP contribution in [0.4, 0.5) is 10.5 Å². The Kier molecular flexibility index (Phi) is 5.51. The van der Waals surface area contributed by atoms with E-state index in [-0.39, 0.29) is 6.04 Å². The molecule has 2 aliphatic heterocycles. The monoisotopic (exact) mass is 434 g/mol. The van der Waals surface area contributed by atoms with Gasteiger partial charge in [0.05, 0.1) is 23.8 Å². The first-order chi connectivity index (χ1) is 15.6. The first-order valence-electron chi connectivity index (χ1n) is 11.5. The molecule has 3 aromatic rings. The molecule has 1 amide bonds. The number of methoxy groups -OCH3 is 1. The lowest BCUT2D eigenvalue weighted by Gasteiger charge is -2.33. The van der Waals surface area contributed by atoms with Crippen LogP contribution in [0, 0.1) is 0 Å². The van der Waals surface area contributed by atoms with Crippen LogP contribution in [0.1, 0.15) is 49.2 Å². The van der Waals surface area contributed by atoms with Crippen molar-refractivity contribution in [2.45, 2.75) is 51.1 Å². The van der Waals surface area contributed by atoms with E-state index in [4.69, 9.17) is 9.72 Å². The molecule has 7 nitrogen and oxygen atoms in total. The zero-order chi connectivity index (χ0) is 22.2. The fourth-order valence-corrected chi connectivity index (χ4v) is 5.26. The number of fused-ring (bicyclic) bond motifs is 3. The van der Waals surface area contributed by atoms with Gasteiger partial charge < -0.3 is 19.7 Å². The minimum Gasteiger partial charge on any atom is -0.497 e. The van der Waals surface area contributed by atoms with Gasteiger partial charge in [-0.25, -0.2) is 9.78 Å². The third kappa shape index (κ3) is 3.60. The van der Waals surface area contributed by atoms with Gasteiger partial charge in [-0.15, -0.1) is 0 Å². The van der Waals surface area contributed by atoms with E-state index in [0.717, 1.165) is 79.1 Å². The maximum Gasteiger partial charge on any atom is 0.412 e. The number of imidazole rings is 1. The van der Waals surface area contributed by atoms with E-state index in [1.54, 1.807) is 7.11 Å². The van der Waals surface area contributed by atoms with Gasteiger partial charge in [-0.05, 0) is 75.5 Å². The Balaban J connectivity index is 1.63. The Hall–Kier alpha value is -3.06. The van der Waals surface area contributed by atoms with Gasteiger partial charge in [0, 0.05) is 24.1 Å². The van der Waals surface area contributed by atoms with E-state index in [2.05, 4.69) is 28.1 Å². The Morgan fingerprint density at radius 3 is 2.59 bits per heavy atom. The van der Waals surface area contributed by atoms with Crippen LogP contribution in [0.3, 0.4) is 0 Å². The molecule has 1 atom stereocenters. The molecule has 168 valence electrons. The molecular formula is C25H30N4O3. The molecular weight excluding hydrogens is 404 g/mol. The Morgan fingerprint density at radius 1 is 1.16 bits per heavy atom. The number of amides is 1. The van der Waals surface area contributed by atoms with Crippen molar-refractivity contribution in [1.29, 1.82) is 0 Å². The maximum absolute atomic E-state index is 12.0. The SMILES string of the molecule is COc1ccc(Cc2nc3c4c(ccc3n2C2CCNCC2)N(C(=O)O)[C@@H](C)CC4)cc1. The van der Waals surface area contributed by atoms with Crippen molar-refractivity contribution in [3.63, 3.8) is 0 Å². The van der Waals surface area contributed by atoms with Crippen LogP contribution in [0.5, 0.6) is 5.75 Å². The lowest BCUT2D eigenvalue weighted by atomic mass is 9.95. The normalized spacial score (nSPS) is 19.2. The van der Waals surface area contributed by atoms with Gasteiger partial charge in [-0.1, -0.05) is 12.1 Å². The summed E-state index contributed by atoms with van der Waals surface area (Å²) in [6.45, 7) is 3.98. The molecule has 32 heavy (non-hydrogen) atoms. The third-order valence-corrected chi connectivity index (χ3v) is 6.93. The van der Waals surface area contributed by atoms with E-state index < -0.39 is 6.09 Å². The average molecular weight is 435 g/mol. The van der Waals surface area contributed by atoms with E-state index in [1.165, 1.54) is 10.5 Å². The number of carbonyl (C=O) groups is 1. The molecule has 1 aromatic heterocycles. The molecule has 1 fully saturated rings. The summed E-state index contributed by atoms with van der Waals surface area (Å²) in [5, 5.41) is 13.3. The van der Waals surface area contributed by atoms with E-state index >= 15 is 0 Å². The number of ether oxygens (including phenoxy) is 1. The summed E-state index contributed by atoms with van der Waals surface area (Å²) in [6, 6.07) is 12.6. The van der Waals surface area contributed by atoms with Crippen molar-refractivity contribution < 1.29 is 14.6 Å². The van der Waals surface area contributed by atoms with Crippen molar-refractivity contribution in [2.24, 2.45) is 0 Å². The predicted molar refractivity (Wildman–Crippen MR) is 125 cm³/mol. The summed E-state index contributed by atoms with van der Waals surface area (Å²) in [7, 11) is 1.68. The van der Waals surface area contributed by atoms with Gasteiger partial charge in [0.15, 0.2) is 0 Å². The van der Waals surface area contributed by atoms with Gasteiger partial charge in [-0.2, -0.15) is 0 Å². The fourth-order valence-electron chi connectivity index (χ4n) is 5.26. The highest BCUT2D eigenvalue weighted by Gasteiger charge is 2.31. The minimum atomic E-state index is -0.894. The maximum atomic E-state index is 12.0. The van der Waals surface area contributed by atoms with Crippen LogP contribution >= 0.6 is 0 Å². The number of aryl methyl sites for hydroxylation is 1.